The Morgan fingerprint density at radius 2 is 1.56 bits per heavy atom. The fourth-order valence-electron chi connectivity index (χ4n) is 5.33. The quantitative estimate of drug-likeness (QED) is 0.0539. The average molecular weight is 722 g/mol. The molecule has 0 unspecified atom stereocenters. The molecule has 0 amide bonds. The van der Waals surface area contributed by atoms with Gasteiger partial charge in [-0.05, 0) is 106 Å². The van der Waals surface area contributed by atoms with Crippen LogP contribution in [0.5, 0.6) is 0 Å². The molecule has 3 aromatic carbocycles. The summed E-state index contributed by atoms with van der Waals surface area (Å²) >= 11 is 0. The first-order valence-electron chi connectivity index (χ1n) is 15.3. The van der Waals surface area contributed by atoms with Gasteiger partial charge in [-0.2, -0.15) is 32.3 Å². The van der Waals surface area contributed by atoms with Crippen LogP contribution in [0.15, 0.2) is 79.7 Å². The Morgan fingerprint density at radius 3 is 2.08 bits per heavy atom. The molecular formula is C33H35N7O8S2. The molecule has 0 bridgehead atoms. The molecule has 1 aliphatic carbocycles. The lowest BCUT2D eigenvalue weighted by Gasteiger charge is -2.37. The van der Waals surface area contributed by atoms with Crippen molar-refractivity contribution in [1.82, 2.24) is 4.90 Å². The van der Waals surface area contributed by atoms with Crippen LogP contribution < -0.4 is 11.2 Å². The molecule has 0 radical (unpaired) electrons. The summed E-state index contributed by atoms with van der Waals surface area (Å²) in [5, 5.41) is 20.7. The molecule has 0 atom stereocenters. The van der Waals surface area contributed by atoms with Gasteiger partial charge in [0.1, 0.15) is 15.5 Å². The predicted molar refractivity (Wildman–Crippen MR) is 188 cm³/mol. The van der Waals surface area contributed by atoms with Gasteiger partial charge in [0.2, 0.25) is 5.78 Å². The lowest BCUT2D eigenvalue weighted by molar-refractivity contribution is 0.0639. The summed E-state index contributed by atoms with van der Waals surface area (Å²) in [5.41, 5.74) is 6.36. The Kier molecular flexibility index (Phi) is 11.1. The number of rotatable bonds is 13. The summed E-state index contributed by atoms with van der Waals surface area (Å²) in [4.78, 5) is 27.5. The van der Waals surface area contributed by atoms with E-state index in [0.717, 1.165) is 38.1 Å². The van der Waals surface area contributed by atoms with Crippen molar-refractivity contribution in [2.45, 2.75) is 51.0 Å². The fourth-order valence-corrected chi connectivity index (χ4v) is 6.66. The van der Waals surface area contributed by atoms with Gasteiger partial charge >= 0.3 is 0 Å². The standard InChI is InChI=1S/C33H35N7O8S2/c1-5-15-40(16-6-2)33(3,4)32(42)21-9-13-24(14-10-21)37-39-30-26(50(46,47)48)18-22-17-25(49(43,44)45)29(28(35)27(22)31(30)41)38-36-23-11-7-20(19-34)8-12-23/h7-14,17-18,37H,5-6,15-16,35H2,1-4H3,(H,43,44,45)(H,46,47,48)/b38-36+,39-30-. The second kappa shape index (κ2) is 14.8. The second-order valence-electron chi connectivity index (χ2n) is 11.8. The van der Waals surface area contributed by atoms with Crippen LogP contribution in [0, 0.1) is 11.3 Å². The van der Waals surface area contributed by atoms with E-state index in [2.05, 4.69) is 25.7 Å². The van der Waals surface area contributed by atoms with Gasteiger partial charge in [-0.3, -0.25) is 29.0 Å². The number of nitrogens with one attached hydrogen (secondary N) is 1. The summed E-state index contributed by atoms with van der Waals surface area (Å²) in [6.07, 6.45) is 2.53. The first-order valence-corrected chi connectivity index (χ1v) is 18.2. The van der Waals surface area contributed by atoms with Gasteiger partial charge in [0.05, 0.1) is 39.8 Å². The number of nitrogens with zero attached hydrogens (tertiary/aromatic N) is 5. The van der Waals surface area contributed by atoms with Crippen molar-refractivity contribution in [3.05, 3.63) is 81.8 Å². The van der Waals surface area contributed by atoms with Crippen molar-refractivity contribution in [1.29, 1.82) is 5.26 Å². The SMILES string of the molecule is CCCN(CCC)C(C)(C)C(=O)c1ccc(N/N=C2\C(=O)c3c(cc(S(=O)(=O)O)c(/N=N/c4ccc(C#N)cc4)c3N)C=C2S(=O)(=O)O)cc1. The van der Waals surface area contributed by atoms with E-state index in [1.165, 1.54) is 36.4 Å². The van der Waals surface area contributed by atoms with E-state index in [1.54, 1.807) is 12.1 Å². The molecule has 5 N–H and O–H groups in total. The number of Topliss-reactive ketones (excluding diaryl/α,β-unsaturated/α-hetero) is 2. The summed E-state index contributed by atoms with van der Waals surface area (Å²) < 4.78 is 69.4. The zero-order valence-electron chi connectivity index (χ0n) is 27.6. The highest BCUT2D eigenvalue weighted by Crippen LogP contribution is 2.41. The highest BCUT2D eigenvalue weighted by molar-refractivity contribution is 7.91. The lowest BCUT2D eigenvalue weighted by Crippen LogP contribution is -2.50. The molecule has 0 saturated carbocycles. The van der Waals surface area contributed by atoms with Crippen LogP contribution in [0.3, 0.4) is 0 Å². The van der Waals surface area contributed by atoms with E-state index in [4.69, 9.17) is 11.0 Å². The molecule has 0 saturated heterocycles. The molecule has 0 aromatic heterocycles. The first kappa shape index (κ1) is 37.7. The van der Waals surface area contributed by atoms with Crippen LogP contribution >= 0.6 is 0 Å². The first-order chi connectivity index (χ1) is 23.4. The molecule has 0 spiro atoms. The van der Waals surface area contributed by atoms with Gasteiger partial charge < -0.3 is 5.73 Å². The largest absolute Gasteiger partial charge is 0.396 e. The number of anilines is 2. The molecule has 50 heavy (non-hydrogen) atoms. The normalized spacial score (nSPS) is 14.5. The van der Waals surface area contributed by atoms with E-state index < -0.39 is 64.0 Å². The molecule has 4 rings (SSSR count). The third kappa shape index (κ3) is 8.01. The Hall–Kier alpha value is -5.12. The molecule has 0 fully saturated rings. The maximum atomic E-state index is 13.8. The highest BCUT2D eigenvalue weighted by Gasteiger charge is 2.37. The highest BCUT2D eigenvalue weighted by atomic mass is 32.2. The van der Waals surface area contributed by atoms with Crippen molar-refractivity contribution in [2.24, 2.45) is 15.3 Å². The number of azo groups is 1. The van der Waals surface area contributed by atoms with Crippen LogP contribution in [-0.2, 0) is 20.2 Å². The minimum Gasteiger partial charge on any atom is -0.396 e. The van der Waals surface area contributed by atoms with E-state index in [-0.39, 0.29) is 22.7 Å². The Balaban J connectivity index is 1.74. The Bertz CT molecular complexity index is 2180. The predicted octanol–water partition coefficient (Wildman–Crippen LogP) is 5.78. The van der Waals surface area contributed by atoms with Gasteiger partial charge in [0.25, 0.3) is 20.2 Å². The van der Waals surface area contributed by atoms with Crippen LogP contribution in [-0.4, -0.2) is 66.7 Å². The van der Waals surface area contributed by atoms with Crippen molar-refractivity contribution in [3.63, 3.8) is 0 Å². The zero-order valence-corrected chi connectivity index (χ0v) is 29.2. The van der Waals surface area contributed by atoms with Crippen molar-refractivity contribution < 1.29 is 35.5 Å². The number of hydrogen-bond donors (Lipinski definition) is 4. The number of carbonyl (C=O) groups is 2. The van der Waals surface area contributed by atoms with Crippen LogP contribution in [0.2, 0.25) is 0 Å². The summed E-state index contributed by atoms with van der Waals surface area (Å²) in [6, 6.07) is 14.5. The van der Waals surface area contributed by atoms with Crippen molar-refractivity contribution >= 4 is 66.3 Å². The number of ketones is 2. The maximum absolute atomic E-state index is 13.8. The molecular weight excluding hydrogens is 687 g/mol. The number of nitriles is 1. The van der Waals surface area contributed by atoms with E-state index in [9.17, 15) is 35.5 Å². The minimum atomic E-state index is -5.13. The number of benzene rings is 3. The number of nitrogens with two attached hydrogens (primary N) is 1. The minimum absolute atomic E-state index is 0.111. The van der Waals surface area contributed by atoms with Gasteiger partial charge in [-0.25, -0.2) is 0 Å². The van der Waals surface area contributed by atoms with Gasteiger partial charge in [-0.15, -0.1) is 5.11 Å². The van der Waals surface area contributed by atoms with Crippen molar-refractivity contribution in [2.75, 3.05) is 24.2 Å². The molecule has 15 nitrogen and oxygen atoms in total. The van der Waals surface area contributed by atoms with Crippen LogP contribution in [0.25, 0.3) is 6.08 Å². The molecule has 17 heteroatoms. The average Bonchev–Trinajstić information content (AvgIpc) is 3.06. The lowest BCUT2D eigenvalue weighted by atomic mass is 9.90. The summed E-state index contributed by atoms with van der Waals surface area (Å²) in [6.45, 7) is 9.29. The zero-order chi connectivity index (χ0) is 37.0. The number of fused-ring (bicyclic) bond motifs is 1. The van der Waals surface area contributed by atoms with Crippen LogP contribution in [0.4, 0.5) is 22.7 Å². The smallest absolute Gasteiger partial charge is 0.296 e. The third-order valence-electron chi connectivity index (χ3n) is 7.89. The topological polar surface area (TPSA) is 245 Å². The summed E-state index contributed by atoms with van der Waals surface area (Å²) in [5.74, 6) is -1.24. The van der Waals surface area contributed by atoms with Gasteiger partial charge in [0.15, 0.2) is 11.5 Å². The maximum Gasteiger partial charge on any atom is 0.296 e. The number of nitrogen functional groups attached to an aromatic ring is 1. The summed E-state index contributed by atoms with van der Waals surface area (Å²) in [7, 11) is -10.2. The number of carbonyl (C=O) groups excluding carboxylic acids is 2. The van der Waals surface area contributed by atoms with Gasteiger partial charge in [0, 0.05) is 5.56 Å². The number of hydrogen-bond acceptors (Lipinski definition) is 13. The second-order valence-corrected chi connectivity index (χ2v) is 14.6. The molecule has 262 valence electrons. The number of hydrazone groups is 1. The Morgan fingerprint density at radius 1 is 0.960 bits per heavy atom. The van der Waals surface area contributed by atoms with E-state index >= 15 is 0 Å². The van der Waals surface area contributed by atoms with E-state index in [1.807, 2.05) is 33.8 Å². The Labute approximate surface area is 289 Å². The fraction of sp³-hybridized carbons (Fsp3) is 0.273. The monoisotopic (exact) mass is 721 g/mol. The van der Waals surface area contributed by atoms with Crippen LogP contribution in [0.1, 0.15) is 72.4 Å². The van der Waals surface area contributed by atoms with Gasteiger partial charge in [-0.1, -0.05) is 13.8 Å². The van der Waals surface area contributed by atoms with Crippen molar-refractivity contribution in [3.8, 4) is 6.07 Å². The number of allylic oxidation sites excluding steroid dienone is 1. The molecule has 0 heterocycles. The third-order valence-corrected chi connectivity index (χ3v) is 9.62. The molecule has 1 aliphatic rings. The van der Waals surface area contributed by atoms with E-state index in [0.29, 0.717) is 11.1 Å². The molecule has 3 aromatic rings. The molecule has 0 aliphatic heterocycles.